The van der Waals surface area contributed by atoms with E-state index in [4.69, 9.17) is 9.47 Å². The van der Waals surface area contributed by atoms with Crippen LogP contribution in [0.15, 0.2) is 50.4 Å². The number of hydrogen-bond donors (Lipinski definition) is 1. The van der Waals surface area contributed by atoms with Crippen molar-refractivity contribution in [1.29, 1.82) is 0 Å². The number of nitrogens with one attached hydrogen (secondary N) is 1. The minimum absolute atomic E-state index is 0.124. The molecule has 2 aromatic rings. The molecule has 0 heterocycles. The van der Waals surface area contributed by atoms with Crippen LogP contribution in [0.3, 0.4) is 0 Å². The number of hydrazone groups is 1. The van der Waals surface area contributed by atoms with Gasteiger partial charge in [-0.1, -0.05) is 15.9 Å². The maximum absolute atomic E-state index is 11.8. The van der Waals surface area contributed by atoms with E-state index in [-0.39, 0.29) is 12.5 Å². The number of benzene rings is 2. The number of carbonyl (C=O) groups excluding carboxylic acids is 1. The van der Waals surface area contributed by atoms with E-state index in [0.717, 1.165) is 25.8 Å². The highest BCUT2D eigenvalue weighted by molar-refractivity contribution is 9.11. The predicted octanol–water partition coefficient (Wildman–Crippen LogP) is 4.06. The van der Waals surface area contributed by atoms with Gasteiger partial charge in [0.05, 0.1) is 17.8 Å². The van der Waals surface area contributed by atoms with Crippen LogP contribution in [0.4, 0.5) is 0 Å². The van der Waals surface area contributed by atoms with Gasteiger partial charge < -0.3 is 9.47 Å². The Bertz CT molecular complexity index is 723. The summed E-state index contributed by atoms with van der Waals surface area (Å²) in [6, 6.07) is 11.1. The van der Waals surface area contributed by atoms with E-state index in [2.05, 4.69) is 42.4 Å². The molecule has 0 radical (unpaired) electrons. The highest BCUT2D eigenvalue weighted by atomic mass is 79.9. The third-order valence-electron chi connectivity index (χ3n) is 3.06. The lowest BCUT2D eigenvalue weighted by atomic mass is 10.2. The van der Waals surface area contributed by atoms with Crippen molar-refractivity contribution in [1.82, 2.24) is 5.43 Å². The molecule has 0 spiro atoms. The normalized spacial score (nSPS) is 10.7. The Morgan fingerprint density at radius 3 is 2.58 bits per heavy atom. The minimum Gasteiger partial charge on any atom is -0.497 e. The molecule has 24 heavy (non-hydrogen) atoms. The number of ether oxygens (including phenoxy) is 2. The number of methoxy groups -OCH3 is 1. The molecule has 2 rings (SSSR count). The second-order valence-corrected chi connectivity index (χ2v) is 6.66. The van der Waals surface area contributed by atoms with Gasteiger partial charge >= 0.3 is 0 Å². The Hall–Kier alpha value is -1.86. The Labute approximate surface area is 157 Å². The second-order valence-electron chi connectivity index (χ2n) is 4.89. The van der Waals surface area contributed by atoms with Crippen molar-refractivity contribution in [2.24, 2.45) is 5.10 Å². The van der Waals surface area contributed by atoms with Crippen LogP contribution in [0.5, 0.6) is 11.5 Å². The zero-order chi connectivity index (χ0) is 17.5. The summed E-state index contributed by atoms with van der Waals surface area (Å²) in [6.45, 7) is 1.78. The Morgan fingerprint density at radius 1 is 1.25 bits per heavy atom. The molecule has 0 saturated carbocycles. The van der Waals surface area contributed by atoms with Crippen LogP contribution in [0.25, 0.3) is 0 Å². The molecule has 0 fully saturated rings. The van der Waals surface area contributed by atoms with Gasteiger partial charge in [-0.05, 0) is 70.4 Å². The number of aryl methyl sites for hydroxylation is 1. The van der Waals surface area contributed by atoms with E-state index < -0.39 is 0 Å². The molecule has 1 amide bonds. The van der Waals surface area contributed by atoms with Gasteiger partial charge in [0, 0.05) is 4.47 Å². The van der Waals surface area contributed by atoms with Gasteiger partial charge in [0.1, 0.15) is 11.5 Å². The van der Waals surface area contributed by atoms with Crippen LogP contribution in [0.2, 0.25) is 0 Å². The second kappa shape index (κ2) is 8.84. The van der Waals surface area contributed by atoms with E-state index in [1.807, 2.05) is 43.3 Å². The summed E-state index contributed by atoms with van der Waals surface area (Å²) in [6.07, 6.45) is 1.55. The first-order valence-electron chi connectivity index (χ1n) is 7.04. The van der Waals surface area contributed by atoms with Gasteiger partial charge in [-0.25, -0.2) is 5.43 Å². The van der Waals surface area contributed by atoms with Gasteiger partial charge in [-0.3, -0.25) is 4.79 Å². The summed E-state index contributed by atoms with van der Waals surface area (Å²) in [5.41, 5.74) is 4.20. The molecule has 0 aliphatic rings. The summed E-state index contributed by atoms with van der Waals surface area (Å²) in [5.74, 6) is 1.06. The van der Waals surface area contributed by atoms with Gasteiger partial charge in [-0.15, -0.1) is 0 Å². The van der Waals surface area contributed by atoms with Crippen LogP contribution < -0.4 is 14.9 Å². The largest absolute Gasteiger partial charge is 0.497 e. The van der Waals surface area contributed by atoms with Crippen molar-refractivity contribution in [3.05, 3.63) is 56.5 Å². The number of hydrogen-bond acceptors (Lipinski definition) is 4. The maximum atomic E-state index is 11.8. The molecule has 0 unspecified atom stereocenters. The molecule has 0 aliphatic heterocycles. The lowest BCUT2D eigenvalue weighted by Gasteiger charge is -2.10. The first-order chi connectivity index (χ1) is 11.5. The molecule has 0 saturated heterocycles. The molecule has 0 aliphatic carbocycles. The Morgan fingerprint density at radius 2 is 1.96 bits per heavy atom. The van der Waals surface area contributed by atoms with Gasteiger partial charge in [0.25, 0.3) is 5.91 Å². The van der Waals surface area contributed by atoms with Gasteiger partial charge in [-0.2, -0.15) is 5.10 Å². The molecule has 1 N–H and O–H groups in total. The molecule has 2 aromatic carbocycles. The molecule has 7 heteroatoms. The zero-order valence-corrected chi connectivity index (χ0v) is 16.3. The third-order valence-corrected chi connectivity index (χ3v) is 4.11. The van der Waals surface area contributed by atoms with Crippen LogP contribution in [-0.4, -0.2) is 25.8 Å². The van der Waals surface area contributed by atoms with E-state index in [9.17, 15) is 4.79 Å². The fraction of sp³-hybridized carbons (Fsp3) is 0.176. The molecule has 0 bridgehead atoms. The number of halogens is 2. The molecule has 0 atom stereocenters. The fourth-order valence-electron chi connectivity index (χ4n) is 1.91. The van der Waals surface area contributed by atoms with Crippen molar-refractivity contribution in [2.45, 2.75) is 6.92 Å². The van der Waals surface area contributed by atoms with Crippen LogP contribution in [-0.2, 0) is 4.79 Å². The van der Waals surface area contributed by atoms with Gasteiger partial charge in [0.15, 0.2) is 6.61 Å². The average Bonchev–Trinajstić information content (AvgIpc) is 2.54. The highest BCUT2D eigenvalue weighted by Crippen LogP contribution is 2.32. The number of amides is 1. The Balaban J connectivity index is 1.86. The minimum atomic E-state index is -0.339. The first kappa shape index (κ1) is 18.5. The maximum Gasteiger partial charge on any atom is 0.277 e. The third kappa shape index (κ3) is 5.35. The van der Waals surface area contributed by atoms with Gasteiger partial charge in [0.2, 0.25) is 0 Å². The quantitative estimate of drug-likeness (QED) is 0.527. The lowest BCUT2D eigenvalue weighted by Crippen LogP contribution is -2.24. The Kier molecular flexibility index (Phi) is 6.81. The van der Waals surface area contributed by atoms with Crippen LogP contribution >= 0.6 is 31.9 Å². The fourth-order valence-corrected chi connectivity index (χ4v) is 3.46. The van der Waals surface area contributed by atoms with E-state index in [1.165, 1.54) is 0 Å². The van der Waals surface area contributed by atoms with Crippen LogP contribution in [0, 0.1) is 6.92 Å². The summed E-state index contributed by atoms with van der Waals surface area (Å²) in [4.78, 5) is 11.8. The summed E-state index contributed by atoms with van der Waals surface area (Å²) in [7, 11) is 1.61. The molecular formula is C17H16Br2N2O3. The molecule has 5 nitrogen and oxygen atoms in total. The van der Waals surface area contributed by atoms with E-state index in [0.29, 0.717) is 5.75 Å². The van der Waals surface area contributed by atoms with Crippen LogP contribution in [0.1, 0.15) is 11.1 Å². The summed E-state index contributed by atoms with van der Waals surface area (Å²) in [5, 5.41) is 3.90. The zero-order valence-electron chi connectivity index (χ0n) is 13.2. The molecular weight excluding hydrogens is 440 g/mol. The van der Waals surface area contributed by atoms with Crippen molar-refractivity contribution >= 4 is 44.0 Å². The SMILES string of the molecule is COc1ccc(/C=N/NC(=O)COc2c(C)cc(Br)cc2Br)cc1. The number of rotatable bonds is 6. The predicted molar refractivity (Wildman–Crippen MR) is 101 cm³/mol. The van der Waals surface area contributed by atoms with Crippen molar-refractivity contribution in [2.75, 3.05) is 13.7 Å². The first-order valence-corrected chi connectivity index (χ1v) is 8.62. The van der Waals surface area contributed by atoms with E-state index >= 15 is 0 Å². The van der Waals surface area contributed by atoms with Crippen molar-refractivity contribution < 1.29 is 14.3 Å². The van der Waals surface area contributed by atoms with Crippen molar-refractivity contribution in [3.8, 4) is 11.5 Å². The summed E-state index contributed by atoms with van der Waals surface area (Å²) < 4.78 is 12.3. The topological polar surface area (TPSA) is 59.9 Å². The smallest absolute Gasteiger partial charge is 0.277 e. The summed E-state index contributed by atoms with van der Waals surface area (Å²) >= 11 is 6.82. The molecule has 126 valence electrons. The lowest BCUT2D eigenvalue weighted by molar-refractivity contribution is -0.123. The average molecular weight is 456 g/mol. The molecule has 0 aromatic heterocycles. The monoisotopic (exact) mass is 454 g/mol. The van der Waals surface area contributed by atoms with Crippen molar-refractivity contribution in [3.63, 3.8) is 0 Å². The van der Waals surface area contributed by atoms with E-state index in [1.54, 1.807) is 13.3 Å². The number of nitrogens with zero attached hydrogens (tertiary/aromatic N) is 1. The standard InChI is InChI=1S/C17H16Br2N2O3/c1-11-7-13(18)8-15(19)17(11)24-10-16(22)21-20-9-12-3-5-14(23-2)6-4-12/h3-9H,10H2,1-2H3,(H,21,22)/b20-9+. The highest BCUT2D eigenvalue weighted by Gasteiger charge is 2.09. The number of carbonyl (C=O) groups is 1.